The maximum atomic E-state index is 13.1. The van der Waals surface area contributed by atoms with E-state index in [4.69, 9.17) is 4.74 Å². The van der Waals surface area contributed by atoms with Crippen LogP contribution in [-0.2, 0) is 4.74 Å². The molecule has 3 aliphatic heterocycles. The largest absolute Gasteiger partial charge is 0.377 e. The van der Waals surface area contributed by atoms with Crippen LogP contribution in [0.4, 0.5) is 0 Å². The van der Waals surface area contributed by atoms with Gasteiger partial charge in [0.15, 0.2) is 0 Å². The van der Waals surface area contributed by atoms with E-state index >= 15 is 0 Å². The van der Waals surface area contributed by atoms with Crippen molar-refractivity contribution in [2.24, 2.45) is 0 Å². The van der Waals surface area contributed by atoms with Gasteiger partial charge in [-0.3, -0.25) is 4.79 Å². The Labute approximate surface area is 153 Å². The van der Waals surface area contributed by atoms with Gasteiger partial charge in [0.2, 0.25) is 0 Å². The standard InChI is InChI=1S/C18H28N4O2S/c1-14-16(25-20-19-14)17(23)22-10-4-7-18(22)6-3-9-21(11-8-18)13-15-5-2-12-24-15/h15H,2-13H2,1H3/t15-,18+/m1/s1. The van der Waals surface area contributed by atoms with Crippen molar-refractivity contribution in [3.63, 3.8) is 0 Å². The number of nitrogens with zero attached hydrogens (tertiary/aromatic N) is 4. The van der Waals surface area contributed by atoms with Crippen molar-refractivity contribution in [2.45, 2.75) is 63.5 Å². The second-order valence-corrected chi connectivity index (χ2v) is 8.52. The normalized spacial score (nSPS) is 30.9. The van der Waals surface area contributed by atoms with Crippen LogP contribution in [0, 0.1) is 6.92 Å². The van der Waals surface area contributed by atoms with Crippen LogP contribution in [0.5, 0.6) is 0 Å². The number of carbonyl (C=O) groups is 1. The van der Waals surface area contributed by atoms with Crippen molar-refractivity contribution in [3.8, 4) is 0 Å². The fourth-order valence-corrected chi connectivity index (χ4v) is 5.43. The quantitative estimate of drug-likeness (QED) is 0.825. The number of amides is 1. The summed E-state index contributed by atoms with van der Waals surface area (Å²) in [6.45, 7) is 6.95. The van der Waals surface area contributed by atoms with Crippen LogP contribution in [0.15, 0.2) is 0 Å². The van der Waals surface area contributed by atoms with Gasteiger partial charge >= 0.3 is 0 Å². The maximum Gasteiger partial charge on any atom is 0.267 e. The van der Waals surface area contributed by atoms with Crippen molar-refractivity contribution in [3.05, 3.63) is 10.6 Å². The van der Waals surface area contributed by atoms with Gasteiger partial charge in [0.1, 0.15) is 4.88 Å². The Kier molecular flexibility index (Phi) is 5.06. The fraction of sp³-hybridized carbons (Fsp3) is 0.833. The highest BCUT2D eigenvalue weighted by molar-refractivity contribution is 7.07. The predicted octanol–water partition coefficient (Wildman–Crippen LogP) is 2.49. The number of carbonyl (C=O) groups excluding carboxylic acids is 1. The number of hydrogen-bond donors (Lipinski definition) is 0. The summed E-state index contributed by atoms with van der Waals surface area (Å²) < 4.78 is 9.77. The zero-order valence-electron chi connectivity index (χ0n) is 15.1. The molecule has 1 aromatic heterocycles. The molecule has 0 radical (unpaired) electrons. The number of ether oxygens (including phenoxy) is 1. The van der Waals surface area contributed by atoms with Crippen LogP contribution in [0.1, 0.15) is 60.3 Å². The minimum atomic E-state index is 0.0405. The maximum absolute atomic E-state index is 13.1. The van der Waals surface area contributed by atoms with Gasteiger partial charge in [-0.1, -0.05) is 4.49 Å². The van der Waals surface area contributed by atoms with Crippen molar-refractivity contribution in [2.75, 3.05) is 32.8 Å². The molecule has 0 aromatic carbocycles. The van der Waals surface area contributed by atoms with Crippen molar-refractivity contribution in [1.82, 2.24) is 19.4 Å². The van der Waals surface area contributed by atoms with E-state index in [0.717, 1.165) is 75.5 Å². The van der Waals surface area contributed by atoms with Crippen LogP contribution in [0.2, 0.25) is 0 Å². The van der Waals surface area contributed by atoms with Crippen LogP contribution >= 0.6 is 11.5 Å². The van der Waals surface area contributed by atoms with E-state index in [9.17, 15) is 4.79 Å². The summed E-state index contributed by atoms with van der Waals surface area (Å²) in [5, 5.41) is 4.03. The first-order valence-corrected chi connectivity index (χ1v) is 10.4. The second kappa shape index (κ2) is 7.29. The van der Waals surface area contributed by atoms with Crippen molar-refractivity contribution < 1.29 is 9.53 Å². The minimum absolute atomic E-state index is 0.0405. The Balaban J connectivity index is 1.45. The minimum Gasteiger partial charge on any atom is -0.377 e. The van der Waals surface area contributed by atoms with E-state index in [-0.39, 0.29) is 11.4 Å². The van der Waals surface area contributed by atoms with E-state index in [1.54, 1.807) is 0 Å². The molecule has 1 amide bonds. The lowest BCUT2D eigenvalue weighted by atomic mass is 9.87. The molecule has 1 aromatic rings. The summed E-state index contributed by atoms with van der Waals surface area (Å²) in [5.41, 5.74) is 0.810. The molecule has 138 valence electrons. The Bertz CT molecular complexity index is 616. The first kappa shape index (κ1) is 17.4. The first-order chi connectivity index (χ1) is 12.2. The van der Waals surface area contributed by atoms with E-state index < -0.39 is 0 Å². The van der Waals surface area contributed by atoms with Gasteiger partial charge in [-0.25, -0.2) is 0 Å². The third-order valence-corrected chi connectivity index (χ3v) is 7.00. The van der Waals surface area contributed by atoms with Crippen molar-refractivity contribution in [1.29, 1.82) is 0 Å². The van der Waals surface area contributed by atoms with Crippen LogP contribution in [0.25, 0.3) is 0 Å². The lowest BCUT2D eigenvalue weighted by molar-refractivity contribution is 0.0539. The molecule has 2 atom stereocenters. The molecule has 1 spiro atoms. The molecular formula is C18H28N4O2S. The molecule has 6 nitrogen and oxygen atoms in total. The van der Waals surface area contributed by atoms with E-state index in [1.165, 1.54) is 24.4 Å². The van der Waals surface area contributed by atoms with Gasteiger partial charge < -0.3 is 14.5 Å². The topological polar surface area (TPSA) is 58.6 Å². The molecule has 0 saturated carbocycles. The molecule has 0 aliphatic carbocycles. The zero-order valence-corrected chi connectivity index (χ0v) is 15.9. The Morgan fingerprint density at radius 1 is 1.24 bits per heavy atom. The van der Waals surface area contributed by atoms with Gasteiger partial charge in [-0.2, -0.15) is 0 Å². The molecule has 4 heterocycles. The molecule has 0 unspecified atom stereocenters. The highest BCUT2D eigenvalue weighted by atomic mass is 32.1. The predicted molar refractivity (Wildman–Crippen MR) is 96.9 cm³/mol. The number of aryl methyl sites for hydroxylation is 1. The van der Waals surface area contributed by atoms with E-state index in [1.807, 2.05) is 6.92 Å². The van der Waals surface area contributed by atoms with E-state index in [2.05, 4.69) is 19.4 Å². The summed E-state index contributed by atoms with van der Waals surface area (Å²) in [6.07, 6.45) is 8.43. The highest BCUT2D eigenvalue weighted by Crippen LogP contribution is 2.40. The first-order valence-electron chi connectivity index (χ1n) is 9.63. The van der Waals surface area contributed by atoms with Gasteiger partial charge in [0.05, 0.1) is 11.8 Å². The summed E-state index contributed by atoms with van der Waals surface area (Å²) in [6, 6.07) is 0. The number of aromatic nitrogens is 2. The monoisotopic (exact) mass is 364 g/mol. The average molecular weight is 365 g/mol. The smallest absolute Gasteiger partial charge is 0.267 e. The summed E-state index contributed by atoms with van der Waals surface area (Å²) in [4.78, 5) is 18.5. The lowest BCUT2D eigenvalue weighted by Gasteiger charge is -2.38. The average Bonchev–Trinajstić information content (AvgIpc) is 3.30. The molecule has 3 aliphatic rings. The molecule has 0 N–H and O–H groups in total. The summed E-state index contributed by atoms with van der Waals surface area (Å²) >= 11 is 1.24. The number of rotatable bonds is 3. The SMILES string of the molecule is Cc1nnsc1C(=O)N1CCC[C@]12CCCN(C[C@H]1CCCO1)CC2. The number of hydrogen-bond acceptors (Lipinski definition) is 6. The zero-order chi connectivity index (χ0) is 17.3. The van der Waals surface area contributed by atoms with Crippen LogP contribution in [-0.4, -0.2) is 69.7 Å². The Hall–Kier alpha value is -1.05. The third kappa shape index (κ3) is 3.46. The molecule has 25 heavy (non-hydrogen) atoms. The second-order valence-electron chi connectivity index (χ2n) is 7.76. The molecule has 3 fully saturated rings. The van der Waals surface area contributed by atoms with Gasteiger partial charge in [0, 0.05) is 31.8 Å². The third-order valence-electron chi connectivity index (χ3n) is 6.18. The molecule has 0 bridgehead atoms. The van der Waals surface area contributed by atoms with Gasteiger partial charge in [0.25, 0.3) is 5.91 Å². The molecule has 7 heteroatoms. The van der Waals surface area contributed by atoms with Crippen LogP contribution in [0.3, 0.4) is 0 Å². The van der Waals surface area contributed by atoms with Crippen molar-refractivity contribution >= 4 is 17.4 Å². The number of likely N-dealkylation sites (tertiary alicyclic amines) is 2. The van der Waals surface area contributed by atoms with Gasteiger partial charge in [-0.05, 0) is 69.9 Å². The highest BCUT2D eigenvalue weighted by Gasteiger charge is 2.45. The Morgan fingerprint density at radius 2 is 2.08 bits per heavy atom. The van der Waals surface area contributed by atoms with E-state index in [0.29, 0.717) is 6.10 Å². The summed E-state index contributed by atoms with van der Waals surface area (Å²) in [5.74, 6) is 0.151. The lowest BCUT2D eigenvalue weighted by Crippen LogP contribution is -2.48. The Morgan fingerprint density at radius 3 is 2.80 bits per heavy atom. The van der Waals surface area contributed by atoms with Gasteiger partial charge in [-0.15, -0.1) is 5.10 Å². The van der Waals surface area contributed by atoms with Crippen LogP contribution < -0.4 is 0 Å². The molecular weight excluding hydrogens is 336 g/mol. The molecule has 3 saturated heterocycles. The fourth-order valence-electron chi connectivity index (χ4n) is 4.82. The molecule has 4 rings (SSSR count). The summed E-state index contributed by atoms with van der Waals surface area (Å²) in [7, 11) is 0.